The smallest absolute Gasteiger partial charge is 0.271 e. The third-order valence-electron chi connectivity index (χ3n) is 2.25. The average molecular weight is 226 g/mol. The lowest BCUT2D eigenvalue weighted by atomic mass is 10.3. The molecule has 6 heteroatoms. The SMILES string of the molecule is CCn1nc(C)c(N)c1C(=O)NC[C@@H](C)O. The van der Waals surface area contributed by atoms with Crippen LogP contribution in [-0.4, -0.2) is 33.4 Å². The van der Waals surface area contributed by atoms with Gasteiger partial charge in [-0.3, -0.25) is 9.48 Å². The van der Waals surface area contributed by atoms with Crippen molar-refractivity contribution < 1.29 is 9.90 Å². The molecule has 0 aliphatic carbocycles. The summed E-state index contributed by atoms with van der Waals surface area (Å²) in [5, 5.41) is 15.8. The zero-order valence-electron chi connectivity index (χ0n) is 9.82. The van der Waals surface area contributed by atoms with Crippen molar-refractivity contribution in [3.63, 3.8) is 0 Å². The van der Waals surface area contributed by atoms with E-state index in [9.17, 15) is 4.79 Å². The predicted molar refractivity (Wildman–Crippen MR) is 61.1 cm³/mol. The minimum absolute atomic E-state index is 0.201. The van der Waals surface area contributed by atoms with Gasteiger partial charge in [-0.15, -0.1) is 0 Å². The molecule has 6 nitrogen and oxygen atoms in total. The van der Waals surface area contributed by atoms with E-state index in [1.165, 1.54) is 0 Å². The minimum atomic E-state index is -0.579. The molecule has 90 valence electrons. The van der Waals surface area contributed by atoms with E-state index in [1.54, 1.807) is 18.5 Å². The monoisotopic (exact) mass is 226 g/mol. The van der Waals surface area contributed by atoms with E-state index in [0.29, 0.717) is 23.6 Å². The highest BCUT2D eigenvalue weighted by molar-refractivity contribution is 5.97. The second kappa shape index (κ2) is 4.98. The number of rotatable bonds is 4. The third kappa shape index (κ3) is 2.52. The molecule has 0 spiro atoms. The summed E-state index contributed by atoms with van der Waals surface area (Å²) in [6.07, 6.45) is -0.579. The molecule has 0 saturated heterocycles. The maximum absolute atomic E-state index is 11.8. The van der Waals surface area contributed by atoms with Crippen LogP contribution in [0.25, 0.3) is 0 Å². The Morgan fingerprint density at radius 1 is 1.69 bits per heavy atom. The Balaban J connectivity index is 2.89. The van der Waals surface area contributed by atoms with Gasteiger partial charge >= 0.3 is 0 Å². The van der Waals surface area contributed by atoms with Crippen LogP contribution in [-0.2, 0) is 6.54 Å². The molecule has 1 heterocycles. The quantitative estimate of drug-likeness (QED) is 0.668. The fourth-order valence-corrected chi connectivity index (χ4v) is 1.39. The standard InChI is InChI=1S/C10H18N4O2/c1-4-14-9(8(11)7(3)13-14)10(16)12-5-6(2)15/h6,15H,4-5,11H2,1-3H3,(H,12,16)/t6-/m1/s1. The lowest BCUT2D eigenvalue weighted by Gasteiger charge is -2.08. The van der Waals surface area contributed by atoms with Gasteiger partial charge in [-0.25, -0.2) is 0 Å². The second-order valence-electron chi connectivity index (χ2n) is 3.72. The molecule has 0 aromatic carbocycles. The summed E-state index contributed by atoms with van der Waals surface area (Å²) in [6.45, 7) is 6.03. The summed E-state index contributed by atoms with van der Waals surface area (Å²) in [4.78, 5) is 11.8. The Bertz CT molecular complexity index is 384. The van der Waals surface area contributed by atoms with Crippen LogP contribution >= 0.6 is 0 Å². The lowest BCUT2D eigenvalue weighted by Crippen LogP contribution is -2.32. The number of nitrogen functional groups attached to an aromatic ring is 1. The summed E-state index contributed by atoms with van der Waals surface area (Å²) in [6, 6.07) is 0. The molecular formula is C10H18N4O2. The Hall–Kier alpha value is -1.56. The highest BCUT2D eigenvalue weighted by Crippen LogP contribution is 2.15. The van der Waals surface area contributed by atoms with Gasteiger partial charge in [0, 0.05) is 13.1 Å². The van der Waals surface area contributed by atoms with Crippen LogP contribution in [0.1, 0.15) is 30.0 Å². The van der Waals surface area contributed by atoms with Crippen molar-refractivity contribution in [2.45, 2.75) is 33.4 Å². The number of carbonyl (C=O) groups excluding carboxylic acids is 1. The van der Waals surface area contributed by atoms with E-state index in [1.807, 2.05) is 6.92 Å². The van der Waals surface area contributed by atoms with Crippen LogP contribution in [0.3, 0.4) is 0 Å². The van der Waals surface area contributed by atoms with Crippen molar-refractivity contribution >= 4 is 11.6 Å². The fourth-order valence-electron chi connectivity index (χ4n) is 1.39. The molecule has 0 aliphatic rings. The molecule has 1 aromatic heterocycles. The van der Waals surface area contributed by atoms with Gasteiger partial charge in [0.15, 0.2) is 0 Å². The summed E-state index contributed by atoms with van der Waals surface area (Å²) in [5.74, 6) is -0.305. The number of carbonyl (C=O) groups is 1. The molecule has 1 rings (SSSR count). The largest absolute Gasteiger partial charge is 0.395 e. The number of nitrogens with zero attached hydrogens (tertiary/aromatic N) is 2. The highest BCUT2D eigenvalue weighted by atomic mass is 16.3. The molecule has 4 N–H and O–H groups in total. The maximum Gasteiger partial charge on any atom is 0.271 e. The molecule has 0 saturated carbocycles. The lowest BCUT2D eigenvalue weighted by molar-refractivity contribution is 0.0914. The van der Waals surface area contributed by atoms with Gasteiger partial charge < -0.3 is 16.2 Å². The molecular weight excluding hydrogens is 208 g/mol. The number of aliphatic hydroxyl groups excluding tert-OH is 1. The van der Waals surface area contributed by atoms with E-state index in [4.69, 9.17) is 10.8 Å². The molecule has 0 fully saturated rings. The van der Waals surface area contributed by atoms with Gasteiger partial charge in [0.2, 0.25) is 0 Å². The van der Waals surface area contributed by atoms with Gasteiger partial charge in [-0.1, -0.05) is 0 Å². The third-order valence-corrected chi connectivity index (χ3v) is 2.25. The zero-order chi connectivity index (χ0) is 12.3. The molecule has 16 heavy (non-hydrogen) atoms. The van der Waals surface area contributed by atoms with Crippen molar-refractivity contribution in [3.05, 3.63) is 11.4 Å². The van der Waals surface area contributed by atoms with Crippen molar-refractivity contribution in [1.29, 1.82) is 0 Å². The van der Waals surface area contributed by atoms with Crippen molar-refractivity contribution in [2.75, 3.05) is 12.3 Å². The van der Waals surface area contributed by atoms with Crippen LogP contribution in [0.15, 0.2) is 0 Å². The number of nitrogens with two attached hydrogens (primary N) is 1. The summed E-state index contributed by atoms with van der Waals surface area (Å²) in [7, 11) is 0. The average Bonchev–Trinajstić information content (AvgIpc) is 2.51. The summed E-state index contributed by atoms with van der Waals surface area (Å²) >= 11 is 0. The Morgan fingerprint density at radius 3 is 2.81 bits per heavy atom. The van der Waals surface area contributed by atoms with Crippen LogP contribution in [0.5, 0.6) is 0 Å². The molecule has 1 aromatic rings. The number of aliphatic hydroxyl groups is 1. The van der Waals surface area contributed by atoms with Gasteiger partial charge in [0.25, 0.3) is 5.91 Å². The van der Waals surface area contributed by atoms with Crippen molar-refractivity contribution in [1.82, 2.24) is 15.1 Å². The number of hydrogen-bond donors (Lipinski definition) is 3. The summed E-state index contributed by atoms with van der Waals surface area (Å²) < 4.78 is 1.56. The first-order valence-corrected chi connectivity index (χ1v) is 5.26. The zero-order valence-corrected chi connectivity index (χ0v) is 9.82. The highest BCUT2D eigenvalue weighted by Gasteiger charge is 2.18. The van der Waals surface area contributed by atoms with Gasteiger partial charge in [-0.2, -0.15) is 5.10 Å². The van der Waals surface area contributed by atoms with Crippen LogP contribution in [0.4, 0.5) is 5.69 Å². The molecule has 1 atom stereocenters. The first-order chi connectivity index (χ1) is 7.47. The molecule has 0 radical (unpaired) electrons. The first-order valence-electron chi connectivity index (χ1n) is 5.26. The number of nitrogens with one attached hydrogen (secondary N) is 1. The number of anilines is 1. The predicted octanol–water partition coefficient (Wildman–Crippen LogP) is -0.0958. The number of amides is 1. The van der Waals surface area contributed by atoms with Crippen molar-refractivity contribution in [2.24, 2.45) is 0 Å². The Kier molecular flexibility index (Phi) is 3.89. The molecule has 0 bridgehead atoms. The van der Waals surface area contributed by atoms with E-state index < -0.39 is 6.10 Å². The van der Waals surface area contributed by atoms with Crippen LogP contribution < -0.4 is 11.1 Å². The van der Waals surface area contributed by atoms with Crippen molar-refractivity contribution in [3.8, 4) is 0 Å². The van der Waals surface area contributed by atoms with Gasteiger partial charge in [-0.05, 0) is 20.8 Å². The minimum Gasteiger partial charge on any atom is -0.395 e. The fraction of sp³-hybridized carbons (Fsp3) is 0.600. The van der Waals surface area contributed by atoms with Gasteiger partial charge in [0.05, 0.1) is 17.5 Å². The second-order valence-corrected chi connectivity index (χ2v) is 3.72. The molecule has 1 amide bonds. The van der Waals surface area contributed by atoms with E-state index >= 15 is 0 Å². The molecule has 0 aliphatic heterocycles. The first kappa shape index (κ1) is 12.5. The molecule has 0 unspecified atom stereocenters. The van der Waals surface area contributed by atoms with E-state index in [0.717, 1.165) is 0 Å². The Labute approximate surface area is 94.4 Å². The van der Waals surface area contributed by atoms with Gasteiger partial charge in [0.1, 0.15) is 5.69 Å². The topological polar surface area (TPSA) is 93.2 Å². The Morgan fingerprint density at radius 2 is 2.31 bits per heavy atom. The number of aromatic nitrogens is 2. The van der Waals surface area contributed by atoms with E-state index in [-0.39, 0.29) is 12.5 Å². The normalized spacial score (nSPS) is 12.5. The summed E-state index contributed by atoms with van der Waals surface area (Å²) in [5.41, 5.74) is 7.18. The maximum atomic E-state index is 11.8. The number of aryl methyl sites for hydroxylation is 2. The number of hydrogen-bond acceptors (Lipinski definition) is 4. The van der Waals surface area contributed by atoms with Crippen LogP contribution in [0, 0.1) is 6.92 Å². The van der Waals surface area contributed by atoms with Crippen LogP contribution in [0.2, 0.25) is 0 Å². The van der Waals surface area contributed by atoms with E-state index in [2.05, 4.69) is 10.4 Å².